The van der Waals surface area contributed by atoms with E-state index in [-0.39, 0.29) is 35.3 Å². The van der Waals surface area contributed by atoms with E-state index in [1.54, 1.807) is 30.5 Å². The van der Waals surface area contributed by atoms with Crippen LogP contribution in [0.1, 0.15) is 12.5 Å². The fraction of sp³-hybridized carbons (Fsp3) is 0.333. The fourth-order valence-corrected chi connectivity index (χ4v) is 4.91. The molecule has 9 heteroatoms. The smallest absolute Gasteiger partial charge is 0.543 e. The molecule has 0 spiro atoms. The summed E-state index contributed by atoms with van der Waals surface area (Å²) in [4.78, 5) is 25.8. The van der Waals surface area contributed by atoms with Crippen molar-refractivity contribution in [1.82, 2.24) is 4.90 Å². The number of nitrogens with zero attached hydrogens (tertiary/aromatic N) is 1. The van der Waals surface area contributed by atoms with E-state index in [1.165, 1.54) is 23.6 Å². The van der Waals surface area contributed by atoms with Gasteiger partial charge in [0.2, 0.25) is 5.91 Å². The third-order valence-corrected chi connectivity index (χ3v) is 6.29. The number of amides is 1. The second-order valence-electron chi connectivity index (χ2n) is 5.43. The molecule has 24 heavy (non-hydrogen) atoms. The van der Waals surface area contributed by atoms with Crippen LogP contribution in [0, 0.1) is 5.92 Å². The maximum atomic E-state index is 12.1. The van der Waals surface area contributed by atoms with Gasteiger partial charge in [0, 0.05) is 26.9 Å². The zero-order valence-corrected chi connectivity index (χ0v) is 17.0. The van der Waals surface area contributed by atoms with Crippen molar-refractivity contribution < 1.29 is 53.6 Å². The normalized spacial score (nSPS) is 24.8. The second-order valence-corrected chi connectivity index (χ2v) is 7.93. The van der Waals surface area contributed by atoms with Crippen molar-refractivity contribution in [3.63, 3.8) is 0 Å². The van der Waals surface area contributed by atoms with Gasteiger partial charge in [-0.25, -0.2) is 0 Å². The van der Waals surface area contributed by atoms with E-state index >= 15 is 0 Å². The van der Waals surface area contributed by atoms with Gasteiger partial charge in [-0.3, -0.25) is 13.9 Å². The Morgan fingerprint density at radius 3 is 2.42 bits per heavy atom. The number of fused-ring (bicyclic) bond motifs is 1. The zero-order chi connectivity index (χ0) is 16.9. The van der Waals surface area contributed by atoms with Crippen molar-refractivity contribution >= 4 is 39.3 Å². The van der Waals surface area contributed by atoms with Crippen LogP contribution in [0.2, 0.25) is 0 Å². The Morgan fingerprint density at radius 2 is 1.96 bits per heavy atom. The summed E-state index contributed by atoms with van der Waals surface area (Å²) in [6, 6.07) is 6.68. The predicted octanol–water partition coefficient (Wildman–Crippen LogP) is -3.24. The number of benzene rings is 1. The van der Waals surface area contributed by atoms with Gasteiger partial charge >= 0.3 is 29.6 Å². The maximum absolute atomic E-state index is 12.1. The number of aliphatic hydroxyl groups excluding tert-OH is 1. The first-order chi connectivity index (χ1) is 10.8. The molecule has 1 amide bonds. The van der Waals surface area contributed by atoms with E-state index in [9.17, 15) is 24.0 Å². The van der Waals surface area contributed by atoms with Crippen molar-refractivity contribution in [3.8, 4) is 0 Å². The Kier molecular flexibility index (Phi) is 5.99. The molecule has 1 aromatic rings. The van der Waals surface area contributed by atoms with Crippen molar-refractivity contribution in [2.45, 2.75) is 23.3 Å². The van der Waals surface area contributed by atoms with Gasteiger partial charge in [0.1, 0.15) is 5.37 Å². The quantitative estimate of drug-likeness (QED) is 0.439. The summed E-state index contributed by atoms with van der Waals surface area (Å²) < 4.78 is 11.4. The van der Waals surface area contributed by atoms with Gasteiger partial charge in [0.25, 0.3) is 0 Å². The predicted molar refractivity (Wildman–Crippen MR) is 84.1 cm³/mol. The summed E-state index contributed by atoms with van der Waals surface area (Å²) in [6.45, 7) is 1.52. The summed E-state index contributed by atoms with van der Waals surface area (Å²) in [6.07, 6.45) is 0.715. The molecular weight excluding hydrogens is 361 g/mol. The first-order valence-corrected chi connectivity index (χ1v) is 9.34. The van der Waals surface area contributed by atoms with Gasteiger partial charge < -0.3 is 15.0 Å². The molecule has 1 N–H and O–H groups in total. The Labute approximate surface area is 168 Å². The molecule has 3 rings (SSSR count). The van der Waals surface area contributed by atoms with E-state index in [0.29, 0.717) is 15.4 Å². The third kappa shape index (κ3) is 3.11. The fourth-order valence-electron chi connectivity index (χ4n) is 2.77. The van der Waals surface area contributed by atoms with Gasteiger partial charge in [0.15, 0.2) is 0 Å². The number of β-lactam (4-membered cyclic amide) rings is 1. The monoisotopic (exact) mass is 375 g/mol. The maximum Gasteiger partial charge on any atom is 1.00 e. The Balaban J connectivity index is 0.00000208. The standard InChI is InChI=1S/C15H15NO5S2.Na/c1-7(17)10-13(18)16-11(15(19)20)12(22-14(10)16)8-3-5-9(6-4-8)23(2)21;/h3-7,10,14,17H,1-2H3,(H,19,20);/q;+1/p-1/t7-,10+,14-,23?;/m1./s1. The van der Waals surface area contributed by atoms with Gasteiger partial charge in [0.05, 0.1) is 23.7 Å². The van der Waals surface area contributed by atoms with E-state index < -0.39 is 40.1 Å². The van der Waals surface area contributed by atoms with Crippen molar-refractivity contribution in [3.05, 3.63) is 35.5 Å². The van der Waals surface area contributed by atoms with Crippen LogP contribution in [0.5, 0.6) is 0 Å². The molecular formula is C15H14NNaO5S2. The Hall–Kier alpha value is -0.640. The minimum Gasteiger partial charge on any atom is -0.543 e. The largest absolute Gasteiger partial charge is 1.00 e. The molecule has 2 aliphatic rings. The summed E-state index contributed by atoms with van der Waals surface area (Å²) >= 11 is 1.23. The van der Waals surface area contributed by atoms with Gasteiger partial charge in [-0.2, -0.15) is 0 Å². The van der Waals surface area contributed by atoms with Crippen LogP contribution in [0.25, 0.3) is 4.91 Å². The first-order valence-electron chi connectivity index (χ1n) is 6.90. The number of carboxylic acid groups (broad SMARTS) is 1. The van der Waals surface area contributed by atoms with Crippen LogP contribution in [0.4, 0.5) is 0 Å². The molecule has 1 aromatic carbocycles. The molecule has 2 aliphatic heterocycles. The summed E-state index contributed by atoms with van der Waals surface area (Å²) in [5.41, 5.74) is 0.460. The van der Waals surface area contributed by atoms with E-state index in [1.807, 2.05) is 0 Å². The number of carbonyl (C=O) groups is 2. The van der Waals surface area contributed by atoms with Crippen LogP contribution >= 0.6 is 11.8 Å². The molecule has 4 atom stereocenters. The molecule has 0 aliphatic carbocycles. The number of rotatable bonds is 4. The summed E-state index contributed by atoms with van der Waals surface area (Å²) in [5, 5.41) is 20.8. The molecule has 6 nitrogen and oxygen atoms in total. The SMILES string of the molecule is C[C@@H](O)[C@H]1C(=O)N2C(C(=O)[O-])=C(c3ccc(S(C)=O)cc3)S[C@H]12.[Na+]. The third-order valence-electron chi connectivity index (χ3n) is 3.94. The molecule has 122 valence electrons. The Bertz CT molecular complexity index is 747. The van der Waals surface area contributed by atoms with E-state index in [4.69, 9.17) is 0 Å². The van der Waals surface area contributed by atoms with Crippen LogP contribution in [-0.2, 0) is 20.4 Å². The number of hydrogen-bond acceptors (Lipinski definition) is 6. The number of hydrogen-bond donors (Lipinski definition) is 1. The number of carboxylic acids is 1. The summed E-state index contributed by atoms with van der Waals surface area (Å²) in [5.74, 6) is -2.44. The van der Waals surface area contributed by atoms with Crippen molar-refractivity contribution in [2.75, 3.05) is 6.26 Å². The molecule has 1 fully saturated rings. The molecule has 0 saturated carbocycles. The van der Waals surface area contributed by atoms with Crippen LogP contribution in [-0.4, -0.2) is 43.8 Å². The number of aliphatic carboxylic acids is 1. The molecule has 1 saturated heterocycles. The molecule has 0 aromatic heterocycles. The number of thioether (sulfide) groups is 1. The molecule has 0 bridgehead atoms. The topological polar surface area (TPSA) is 97.7 Å². The van der Waals surface area contributed by atoms with Crippen LogP contribution in [0.3, 0.4) is 0 Å². The van der Waals surface area contributed by atoms with Gasteiger partial charge in [-0.05, 0) is 24.6 Å². The Morgan fingerprint density at radius 1 is 1.38 bits per heavy atom. The van der Waals surface area contributed by atoms with Gasteiger partial charge in [-0.15, -0.1) is 0 Å². The van der Waals surface area contributed by atoms with Gasteiger partial charge in [-0.1, -0.05) is 23.9 Å². The first kappa shape index (κ1) is 19.7. The molecule has 0 radical (unpaired) electrons. The number of aliphatic hydroxyl groups is 1. The minimum atomic E-state index is -1.42. The minimum absolute atomic E-state index is 0. The van der Waals surface area contributed by atoms with Crippen molar-refractivity contribution in [1.29, 1.82) is 0 Å². The summed E-state index contributed by atoms with van der Waals surface area (Å²) in [7, 11) is -1.12. The molecule has 2 heterocycles. The second kappa shape index (κ2) is 7.31. The molecule has 1 unspecified atom stereocenters. The van der Waals surface area contributed by atoms with E-state index in [2.05, 4.69) is 0 Å². The number of carbonyl (C=O) groups excluding carboxylic acids is 2. The zero-order valence-electron chi connectivity index (χ0n) is 13.4. The van der Waals surface area contributed by atoms with Crippen molar-refractivity contribution in [2.24, 2.45) is 5.92 Å². The average Bonchev–Trinajstić information content (AvgIpc) is 2.82. The average molecular weight is 375 g/mol. The van der Waals surface area contributed by atoms with E-state index in [0.717, 1.165) is 0 Å². The van der Waals surface area contributed by atoms with Crippen LogP contribution < -0.4 is 34.7 Å². The van der Waals surface area contributed by atoms with Crippen LogP contribution in [0.15, 0.2) is 34.9 Å².